The monoisotopic (exact) mass is 463 g/mol. The Balaban J connectivity index is 1.93. The van der Waals surface area contributed by atoms with Gasteiger partial charge in [0.2, 0.25) is 0 Å². The number of nitrogens with zero attached hydrogens (tertiary/aromatic N) is 1. The van der Waals surface area contributed by atoms with Gasteiger partial charge >= 0.3 is 0 Å². The quantitative estimate of drug-likeness (QED) is 0.367. The number of ketones is 1. The number of aliphatic hydroxyl groups excluding tert-OH is 1. The Kier molecular flexibility index (Phi) is 6.43. The smallest absolute Gasteiger partial charge is 0.295 e. The first kappa shape index (κ1) is 23.9. The molecule has 180 valence electrons. The summed E-state index contributed by atoms with van der Waals surface area (Å²) in [5.74, 6) is -0.288. The number of amides is 1. The third-order valence-electron chi connectivity index (χ3n) is 6.95. The van der Waals surface area contributed by atoms with Crippen molar-refractivity contribution in [1.82, 2.24) is 4.90 Å². The lowest BCUT2D eigenvalue weighted by Crippen LogP contribution is -2.37. The van der Waals surface area contributed by atoms with Crippen molar-refractivity contribution in [3.63, 3.8) is 0 Å². The van der Waals surface area contributed by atoms with Gasteiger partial charge in [0, 0.05) is 6.04 Å². The Morgan fingerprint density at radius 3 is 2.18 bits per heavy atom. The molecule has 2 aromatic rings. The van der Waals surface area contributed by atoms with Gasteiger partial charge in [0.15, 0.2) is 0 Å². The normalized spacial score (nSPS) is 20.7. The van der Waals surface area contributed by atoms with E-state index in [0.717, 1.165) is 36.8 Å². The van der Waals surface area contributed by atoms with Crippen molar-refractivity contribution >= 4 is 17.4 Å². The number of methoxy groups -OCH3 is 2. The first-order valence-corrected chi connectivity index (χ1v) is 11.8. The van der Waals surface area contributed by atoms with Gasteiger partial charge < -0.3 is 19.5 Å². The summed E-state index contributed by atoms with van der Waals surface area (Å²) in [6.07, 6.45) is 3.74. The fourth-order valence-corrected chi connectivity index (χ4v) is 5.03. The van der Waals surface area contributed by atoms with Gasteiger partial charge in [0.25, 0.3) is 11.7 Å². The van der Waals surface area contributed by atoms with Crippen molar-refractivity contribution in [3.05, 3.63) is 64.7 Å². The van der Waals surface area contributed by atoms with Crippen molar-refractivity contribution in [3.8, 4) is 11.5 Å². The Hall–Kier alpha value is -3.28. The highest BCUT2D eigenvalue weighted by molar-refractivity contribution is 6.46. The highest BCUT2D eigenvalue weighted by Gasteiger charge is 2.49. The maximum atomic E-state index is 13.4. The predicted octanol–water partition coefficient (Wildman–Crippen LogP) is 5.37. The van der Waals surface area contributed by atoms with Gasteiger partial charge in [-0.15, -0.1) is 0 Å². The lowest BCUT2D eigenvalue weighted by atomic mass is 9.85. The lowest BCUT2D eigenvalue weighted by molar-refractivity contribution is -0.141. The zero-order valence-corrected chi connectivity index (χ0v) is 20.6. The number of benzene rings is 2. The van der Waals surface area contributed by atoms with E-state index in [4.69, 9.17) is 9.47 Å². The average Bonchev–Trinajstić information content (AvgIpc) is 3.44. The summed E-state index contributed by atoms with van der Waals surface area (Å²) in [7, 11) is 3.12. The fourth-order valence-electron chi connectivity index (χ4n) is 5.03. The summed E-state index contributed by atoms with van der Waals surface area (Å²) in [6, 6.07) is 12.2. The van der Waals surface area contributed by atoms with Crippen LogP contribution in [0.1, 0.15) is 69.2 Å². The molecule has 1 N–H and O–H groups in total. The molecule has 1 heterocycles. The Labute approximate surface area is 201 Å². The summed E-state index contributed by atoms with van der Waals surface area (Å²) in [5.41, 5.74) is 2.09. The number of hydrogen-bond acceptors (Lipinski definition) is 5. The highest BCUT2D eigenvalue weighted by atomic mass is 16.5. The van der Waals surface area contributed by atoms with Crippen molar-refractivity contribution in [2.75, 3.05) is 14.2 Å². The molecule has 4 rings (SSSR count). The molecule has 6 nitrogen and oxygen atoms in total. The van der Waals surface area contributed by atoms with Crippen LogP contribution in [0.2, 0.25) is 0 Å². The molecule has 2 fully saturated rings. The van der Waals surface area contributed by atoms with Gasteiger partial charge in [-0.1, -0.05) is 51.8 Å². The SMILES string of the molecule is COc1ccc(C2/C(=C(\O)c3cc(C(C)(C)C)ccc3OC)C(=O)C(=O)N2C2CCCC2)cc1. The number of rotatable bonds is 5. The molecule has 34 heavy (non-hydrogen) atoms. The van der Waals surface area contributed by atoms with Crippen LogP contribution in [0.5, 0.6) is 11.5 Å². The van der Waals surface area contributed by atoms with Crippen LogP contribution in [0.4, 0.5) is 0 Å². The molecule has 0 bridgehead atoms. The second kappa shape index (κ2) is 9.16. The van der Waals surface area contributed by atoms with Crippen LogP contribution in [0.3, 0.4) is 0 Å². The molecule has 1 aliphatic carbocycles. The standard InChI is InChI=1S/C28H33NO5/c1-28(2,3)18-12-15-22(34-5)21(16-18)25(30)23-24(17-10-13-20(33-4)14-11-17)29(27(32)26(23)31)19-8-6-7-9-19/h10-16,19,24,30H,6-9H2,1-5H3/b25-23+. The van der Waals surface area contributed by atoms with E-state index in [-0.39, 0.29) is 22.8 Å². The van der Waals surface area contributed by atoms with Crippen LogP contribution < -0.4 is 9.47 Å². The van der Waals surface area contributed by atoms with Crippen LogP contribution in [0.25, 0.3) is 5.76 Å². The van der Waals surface area contributed by atoms with E-state index in [9.17, 15) is 14.7 Å². The lowest BCUT2D eigenvalue weighted by Gasteiger charge is -2.31. The predicted molar refractivity (Wildman–Crippen MR) is 131 cm³/mol. The first-order valence-electron chi connectivity index (χ1n) is 11.8. The highest BCUT2D eigenvalue weighted by Crippen LogP contribution is 2.45. The van der Waals surface area contributed by atoms with E-state index < -0.39 is 17.7 Å². The molecule has 0 aromatic heterocycles. The Morgan fingerprint density at radius 2 is 1.62 bits per heavy atom. The van der Waals surface area contributed by atoms with Crippen molar-refractivity contribution in [2.24, 2.45) is 0 Å². The van der Waals surface area contributed by atoms with Gasteiger partial charge in [0.1, 0.15) is 17.3 Å². The second-order valence-electron chi connectivity index (χ2n) is 10.1. The largest absolute Gasteiger partial charge is 0.507 e. The maximum absolute atomic E-state index is 13.4. The molecule has 1 aliphatic heterocycles. The van der Waals surface area contributed by atoms with E-state index in [1.807, 2.05) is 36.4 Å². The number of carbonyl (C=O) groups is 2. The minimum atomic E-state index is -0.669. The van der Waals surface area contributed by atoms with E-state index in [1.165, 1.54) is 7.11 Å². The van der Waals surface area contributed by atoms with Crippen molar-refractivity contribution < 1.29 is 24.2 Å². The molecule has 1 amide bonds. The van der Waals surface area contributed by atoms with E-state index >= 15 is 0 Å². The summed E-state index contributed by atoms with van der Waals surface area (Å²) >= 11 is 0. The van der Waals surface area contributed by atoms with Gasteiger partial charge in [-0.2, -0.15) is 0 Å². The summed E-state index contributed by atoms with van der Waals surface area (Å²) in [6.45, 7) is 6.24. The summed E-state index contributed by atoms with van der Waals surface area (Å²) < 4.78 is 10.8. The molecule has 6 heteroatoms. The zero-order chi connectivity index (χ0) is 24.6. The molecule has 0 radical (unpaired) electrons. The molecule has 1 atom stereocenters. The number of ether oxygens (including phenoxy) is 2. The molecule has 2 aliphatic rings. The third-order valence-corrected chi connectivity index (χ3v) is 6.95. The number of likely N-dealkylation sites (tertiary alicyclic amines) is 1. The molecule has 1 unspecified atom stereocenters. The molecular weight excluding hydrogens is 430 g/mol. The molecule has 2 aromatic carbocycles. The average molecular weight is 464 g/mol. The number of aliphatic hydroxyl groups is 1. The van der Waals surface area contributed by atoms with Crippen LogP contribution >= 0.6 is 0 Å². The van der Waals surface area contributed by atoms with Gasteiger partial charge in [-0.3, -0.25) is 9.59 Å². The summed E-state index contributed by atoms with van der Waals surface area (Å²) in [5, 5.41) is 11.6. The molecular formula is C28H33NO5. The van der Waals surface area contributed by atoms with E-state index in [0.29, 0.717) is 17.1 Å². The van der Waals surface area contributed by atoms with E-state index in [1.54, 1.807) is 18.1 Å². The van der Waals surface area contributed by atoms with Crippen LogP contribution in [-0.4, -0.2) is 42.0 Å². The van der Waals surface area contributed by atoms with Crippen LogP contribution in [-0.2, 0) is 15.0 Å². The van der Waals surface area contributed by atoms with Crippen LogP contribution in [0.15, 0.2) is 48.0 Å². The first-order chi connectivity index (χ1) is 16.2. The maximum Gasteiger partial charge on any atom is 0.295 e. The topological polar surface area (TPSA) is 76.1 Å². The van der Waals surface area contributed by atoms with Crippen LogP contribution in [0, 0.1) is 0 Å². The Morgan fingerprint density at radius 1 is 0.971 bits per heavy atom. The summed E-state index contributed by atoms with van der Waals surface area (Å²) in [4.78, 5) is 28.4. The second-order valence-corrected chi connectivity index (χ2v) is 10.1. The fraction of sp³-hybridized carbons (Fsp3) is 0.429. The van der Waals surface area contributed by atoms with Gasteiger partial charge in [-0.25, -0.2) is 0 Å². The third kappa shape index (κ3) is 4.17. The number of carbonyl (C=O) groups excluding carboxylic acids is 2. The van der Waals surface area contributed by atoms with Crippen molar-refractivity contribution in [1.29, 1.82) is 0 Å². The van der Waals surface area contributed by atoms with E-state index in [2.05, 4.69) is 20.8 Å². The minimum absolute atomic E-state index is 0.0309. The Bertz CT molecular complexity index is 1120. The van der Waals surface area contributed by atoms with Gasteiger partial charge in [-0.05, 0) is 53.6 Å². The van der Waals surface area contributed by atoms with Crippen molar-refractivity contribution in [2.45, 2.75) is 64.0 Å². The zero-order valence-electron chi connectivity index (χ0n) is 20.6. The minimum Gasteiger partial charge on any atom is -0.507 e. The number of Topliss-reactive ketones (excluding diaryl/α,β-unsaturated/α-hetero) is 1. The van der Waals surface area contributed by atoms with Gasteiger partial charge in [0.05, 0.1) is 31.4 Å². The number of hydrogen-bond donors (Lipinski definition) is 1. The molecule has 0 spiro atoms. The molecule has 1 saturated heterocycles. The molecule has 1 saturated carbocycles.